The van der Waals surface area contributed by atoms with E-state index < -0.39 is 0 Å². The van der Waals surface area contributed by atoms with Gasteiger partial charge in [0.05, 0.1) is 6.10 Å². The highest BCUT2D eigenvalue weighted by Gasteiger charge is 2.11. The lowest BCUT2D eigenvalue weighted by atomic mass is 10.1. The van der Waals surface area contributed by atoms with E-state index in [0.717, 1.165) is 36.5 Å². The van der Waals surface area contributed by atoms with Crippen LogP contribution in [0.3, 0.4) is 0 Å². The molecule has 2 aromatic carbocycles. The molecule has 0 saturated carbocycles. The van der Waals surface area contributed by atoms with Gasteiger partial charge in [-0.15, -0.1) is 10.2 Å². The predicted octanol–water partition coefficient (Wildman–Crippen LogP) is 11.9. The topological polar surface area (TPSA) is 86.5 Å². The summed E-state index contributed by atoms with van der Waals surface area (Å²) in [5, 5.41) is 12.0. The zero-order valence-corrected chi connectivity index (χ0v) is 30.8. The van der Waals surface area contributed by atoms with Gasteiger partial charge in [0.1, 0.15) is 12.4 Å². The van der Waals surface area contributed by atoms with E-state index in [9.17, 15) is 4.79 Å². The van der Waals surface area contributed by atoms with Crippen molar-refractivity contribution in [1.82, 2.24) is 10.2 Å². The van der Waals surface area contributed by atoms with E-state index in [1.807, 2.05) is 43.3 Å². The summed E-state index contributed by atoms with van der Waals surface area (Å²) in [6.45, 7) is 7.79. The number of aromatic nitrogens is 2. The molecule has 3 aromatic rings. The van der Waals surface area contributed by atoms with Gasteiger partial charge in [-0.1, -0.05) is 128 Å². The van der Waals surface area contributed by atoms with E-state index in [4.69, 9.17) is 13.9 Å². The third-order valence-electron chi connectivity index (χ3n) is 8.52. The number of benzene rings is 2. The first kappa shape index (κ1) is 39.6. The van der Waals surface area contributed by atoms with Crippen LogP contribution in [-0.4, -0.2) is 41.2 Å². The molecule has 0 aliphatic carbocycles. The quantitative estimate of drug-likeness (QED) is 0.0603. The number of unbranched alkanes of at least 4 members (excludes halogenated alkanes) is 16. The number of rotatable bonds is 28. The first-order chi connectivity index (χ1) is 23.6. The molecule has 0 aliphatic rings. The van der Waals surface area contributed by atoms with Crippen LogP contribution < -0.4 is 10.1 Å². The van der Waals surface area contributed by atoms with Crippen molar-refractivity contribution >= 4 is 23.4 Å². The zero-order chi connectivity index (χ0) is 34.1. The Hall–Kier alpha value is -2.84. The molecule has 1 amide bonds. The maximum atomic E-state index is 12.8. The highest BCUT2D eigenvalue weighted by molar-refractivity contribution is 7.99. The fraction of sp³-hybridized carbons (Fsp3) is 0.625. The van der Waals surface area contributed by atoms with E-state index >= 15 is 0 Å². The summed E-state index contributed by atoms with van der Waals surface area (Å²) >= 11 is 1.63. The molecule has 1 N–H and O–H groups in total. The summed E-state index contributed by atoms with van der Waals surface area (Å²) in [5.74, 6) is 2.02. The van der Waals surface area contributed by atoms with Crippen molar-refractivity contribution in [3.05, 3.63) is 54.1 Å². The second-order valence-electron chi connectivity index (χ2n) is 12.9. The molecule has 48 heavy (non-hydrogen) atoms. The van der Waals surface area contributed by atoms with Gasteiger partial charge in [0.25, 0.3) is 11.1 Å². The molecule has 0 radical (unpaired) electrons. The Bertz CT molecular complexity index is 1230. The zero-order valence-electron chi connectivity index (χ0n) is 30.0. The van der Waals surface area contributed by atoms with Crippen LogP contribution in [0, 0.1) is 0 Å². The number of thioether (sulfide) groups is 1. The van der Waals surface area contributed by atoms with Crippen molar-refractivity contribution < 1.29 is 18.7 Å². The Balaban J connectivity index is 1.27. The highest BCUT2D eigenvalue weighted by Crippen LogP contribution is 2.26. The molecule has 8 heteroatoms. The van der Waals surface area contributed by atoms with Crippen LogP contribution in [0.2, 0.25) is 0 Å². The summed E-state index contributed by atoms with van der Waals surface area (Å²) < 4.78 is 17.6. The Morgan fingerprint density at radius 2 is 1.29 bits per heavy atom. The van der Waals surface area contributed by atoms with Gasteiger partial charge in [0.2, 0.25) is 5.89 Å². The van der Waals surface area contributed by atoms with Gasteiger partial charge < -0.3 is 19.2 Å². The van der Waals surface area contributed by atoms with E-state index in [2.05, 4.69) is 29.4 Å². The van der Waals surface area contributed by atoms with Gasteiger partial charge in [-0.25, -0.2) is 0 Å². The predicted molar refractivity (Wildman–Crippen MR) is 200 cm³/mol. The monoisotopic (exact) mass is 679 g/mol. The van der Waals surface area contributed by atoms with Crippen LogP contribution in [0.4, 0.5) is 5.69 Å². The Morgan fingerprint density at radius 3 is 1.90 bits per heavy atom. The Morgan fingerprint density at radius 1 is 0.729 bits per heavy atom. The van der Waals surface area contributed by atoms with Crippen LogP contribution in [0.5, 0.6) is 5.75 Å². The van der Waals surface area contributed by atoms with Gasteiger partial charge in [-0.3, -0.25) is 4.79 Å². The number of anilines is 1. The molecule has 7 nitrogen and oxygen atoms in total. The minimum atomic E-state index is -0.181. The third-order valence-corrected chi connectivity index (χ3v) is 9.43. The molecule has 0 aliphatic heterocycles. The minimum absolute atomic E-state index is 0.0214. The van der Waals surface area contributed by atoms with Crippen molar-refractivity contribution in [1.29, 1.82) is 0 Å². The number of hydrogen-bond donors (Lipinski definition) is 1. The van der Waals surface area contributed by atoms with Crippen LogP contribution in [0.1, 0.15) is 147 Å². The molecule has 1 atom stereocenters. The molecular weight excluding hydrogens is 619 g/mol. The van der Waals surface area contributed by atoms with Crippen molar-refractivity contribution in [3.8, 4) is 17.2 Å². The van der Waals surface area contributed by atoms with Gasteiger partial charge in [0, 0.05) is 29.2 Å². The SMILES string of the molecule is CCCCCCCCCCCCCCSc1nnc(-c2ccc(NC(=O)c3ccc(OC[C@H](C)OCCCCCCCC)cc3)cc2)o1. The van der Waals surface area contributed by atoms with Crippen LogP contribution >= 0.6 is 11.8 Å². The number of nitrogens with zero attached hydrogens (tertiary/aromatic N) is 2. The molecule has 0 bridgehead atoms. The normalized spacial score (nSPS) is 11.9. The third kappa shape index (κ3) is 17.0. The van der Waals surface area contributed by atoms with Crippen molar-refractivity contribution in [2.75, 3.05) is 24.3 Å². The van der Waals surface area contributed by atoms with Gasteiger partial charge in [-0.05, 0) is 68.3 Å². The molecular formula is C40H61N3O4S. The number of nitrogens with one attached hydrogen (secondary N) is 1. The summed E-state index contributed by atoms with van der Waals surface area (Å²) in [6.07, 6.45) is 23.7. The van der Waals surface area contributed by atoms with Crippen molar-refractivity contribution in [2.45, 2.75) is 148 Å². The maximum absolute atomic E-state index is 12.8. The molecule has 1 heterocycles. The van der Waals surface area contributed by atoms with Gasteiger partial charge in [-0.2, -0.15) is 0 Å². The fourth-order valence-electron chi connectivity index (χ4n) is 5.52. The highest BCUT2D eigenvalue weighted by atomic mass is 32.2. The van der Waals surface area contributed by atoms with Gasteiger partial charge >= 0.3 is 0 Å². The summed E-state index contributed by atoms with van der Waals surface area (Å²) in [5.41, 5.74) is 2.08. The fourth-order valence-corrected chi connectivity index (χ4v) is 6.28. The number of carbonyl (C=O) groups excluding carboxylic acids is 1. The molecule has 0 unspecified atom stereocenters. The van der Waals surface area contributed by atoms with Crippen LogP contribution in [0.25, 0.3) is 11.5 Å². The minimum Gasteiger partial charge on any atom is -0.491 e. The molecule has 266 valence electrons. The van der Waals surface area contributed by atoms with E-state index in [1.165, 1.54) is 103 Å². The number of carbonyl (C=O) groups is 1. The molecule has 0 fully saturated rings. The van der Waals surface area contributed by atoms with E-state index in [1.54, 1.807) is 23.9 Å². The second-order valence-corrected chi connectivity index (χ2v) is 14.0. The van der Waals surface area contributed by atoms with E-state index in [-0.39, 0.29) is 12.0 Å². The largest absolute Gasteiger partial charge is 0.491 e. The first-order valence-corrected chi connectivity index (χ1v) is 19.8. The lowest BCUT2D eigenvalue weighted by Gasteiger charge is -2.14. The Labute approximate surface area is 294 Å². The Kier molecular flexibility index (Phi) is 20.8. The second kappa shape index (κ2) is 25.2. The number of amides is 1. The standard InChI is InChI=1S/C40H61N3O4S/c1-4-6-8-10-12-13-14-15-16-17-19-21-31-48-40-43-42-39(47-40)35-22-26-36(27-23-35)41-38(44)34-24-28-37(29-25-34)46-32-33(3)45-30-20-18-11-9-7-5-2/h22-29,33H,4-21,30-32H2,1-3H3,(H,41,44)/t33-/m0/s1. The number of hydrogen-bond acceptors (Lipinski definition) is 7. The lowest BCUT2D eigenvalue weighted by Crippen LogP contribution is -2.18. The molecule has 0 saturated heterocycles. The smallest absolute Gasteiger partial charge is 0.276 e. The summed E-state index contributed by atoms with van der Waals surface area (Å²) in [7, 11) is 0. The number of ether oxygens (including phenoxy) is 2. The van der Waals surface area contributed by atoms with E-state index in [0.29, 0.717) is 29.0 Å². The van der Waals surface area contributed by atoms with Crippen LogP contribution in [0.15, 0.2) is 58.2 Å². The first-order valence-electron chi connectivity index (χ1n) is 18.8. The summed E-state index contributed by atoms with van der Waals surface area (Å²) in [4.78, 5) is 12.8. The summed E-state index contributed by atoms with van der Waals surface area (Å²) in [6, 6.07) is 14.7. The van der Waals surface area contributed by atoms with Gasteiger partial charge in [0.15, 0.2) is 0 Å². The molecule has 3 rings (SSSR count). The average Bonchev–Trinajstić information content (AvgIpc) is 3.58. The molecule has 1 aromatic heterocycles. The van der Waals surface area contributed by atoms with Crippen molar-refractivity contribution in [3.63, 3.8) is 0 Å². The average molecular weight is 680 g/mol. The molecule has 0 spiro atoms. The lowest BCUT2D eigenvalue weighted by molar-refractivity contribution is 0.0302. The van der Waals surface area contributed by atoms with Crippen molar-refractivity contribution in [2.24, 2.45) is 0 Å². The maximum Gasteiger partial charge on any atom is 0.276 e. The van der Waals surface area contributed by atoms with Crippen LogP contribution in [-0.2, 0) is 4.74 Å².